The highest BCUT2D eigenvalue weighted by atomic mass is 16.7. The number of rotatable bonds is 9. The minimum Gasteiger partial charge on any atom is -0.402 e. The van der Waals surface area contributed by atoms with E-state index in [1.807, 2.05) is 77.1 Å². The van der Waals surface area contributed by atoms with Gasteiger partial charge in [0, 0.05) is 5.56 Å². The second-order valence-electron chi connectivity index (χ2n) is 11.0. The second-order valence-corrected chi connectivity index (χ2v) is 11.0. The Labute approximate surface area is 215 Å². The Balaban J connectivity index is 1.75. The van der Waals surface area contributed by atoms with Crippen molar-refractivity contribution in [2.24, 2.45) is 5.92 Å². The number of carbonyl (C=O) groups is 2. The maximum absolute atomic E-state index is 13.2. The molecule has 8 heteroatoms. The molecular formula is C28H39BN2O5. The quantitative estimate of drug-likeness (QED) is 0.460. The van der Waals surface area contributed by atoms with E-state index in [2.05, 4.69) is 24.5 Å². The van der Waals surface area contributed by atoms with Gasteiger partial charge in [0.2, 0.25) is 5.91 Å². The molecule has 2 aromatic rings. The lowest BCUT2D eigenvalue weighted by atomic mass is 9.74. The Hall–Kier alpha value is -2.68. The van der Waals surface area contributed by atoms with Gasteiger partial charge in [-0.15, -0.1) is 0 Å². The van der Waals surface area contributed by atoms with E-state index >= 15 is 0 Å². The van der Waals surface area contributed by atoms with Crippen molar-refractivity contribution in [3.63, 3.8) is 0 Å². The number of benzene rings is 2. The molecule has 2 aromatic carbocycles. The molecule has 2 atom stereocenters. The molecule has 36 heavy (non-hydrogen) atoms. The molecule has 0 saturated carbocycles. The van der Waals surface area contributed by atoms with E-state index in [0.29, 0.717) is 12.0 Å². The summed E-state index contributed by atoms with van der Waals surface area (Å²) in [5.41, 5.74) is 2.04. The average Bonchev–Trinajstić information content (AvgIpc) is 3.04. The van der Waals surface area contributed by atoms with Crippen molar-refractivity contribution in [3.05, 3.63) is 59.7 Å². The van der Waals surface area contributed by atoms with E-state index in [0.717, 1.165) is 16.7 Å². The van der Waals surface area contributed by atoms with Gasteiger partial charge in [0.05, 0.1) is 23.8 Å². The highest BCUT2D eigenvalue weighted by Gasteiger charge is 2.54. The summed E-state index contributed by atoms with van der Waals surface area (Å²) < 4.78 is 12.4. The largest absolute Gasteiger partial charge is 0.481 e. The Morgan fingerprint density at radius 1 is 0.944 bits per heavy atom. The molecule has 0 spiro atoms. The number of aliphatic hydroxyl groups excluding tert-OH is 1. The number of aryl methyl sites for hydroxylation is 1. The number of amides is 2. The van der Waals surface area contributed by atoms with Crippen molar-refractivity contribution in [1.29, 1.82) is 0 Å². The topological polar surface area (TPSA) is 96.9 Å². The monoisotopic (exact) mass is 494 g/mol. The molecule has 2 amide bonds. The average molecular weight is 494 g/mol. The number of hydrogen-bond donors (Lipinski definition) is 3. The second kappa shape index (κ2) is 11.2. The molecule has 1 aliphatic rings. The van der Waals surface area contributed by atoms with Crippen molar-refractivity contribution in [2.45, 2.75) is 78.1 Å². The third kappa shape index (κ3) is 6.36. The Kier molecular flexibility index (Phi) is 8.65. The van der Waals surface area contributed by atoms with E-state index in [-0.39, 0.29) is 5.92 Å². The van der Waals surface area contributed by atoms with Gasteiger partial charge in [0.1, 0.15) is 6.04 Å². The zero-order valence-corrected chi connectivity index (χ0v) is 22.4. The molecule has 1 heterocycles. The maximum Gasteiger partial charge on any atom is 0.481 e. The van der Waals surface area contributed by atoms with Crippen LogP contribution in [0.1, 0.15) is 63.9 Å². The summed E-state index contributed by atoms with van der Waals surface area (Å²) in [4.78, 5) is 26.4. The third-order valence-electron chi connectivity index (χ3n) is 7.05. The van der Waals surface area contributed by atoms with E-state index in [1.165, 1.54) is 0 Å². The molecule has 0 unspecified atom stereocenters. The summed E-state index contributed by atoms with van der Waals surface area (Å²) in [6, 6.07) is 14.3. The number of aliphatic hydroxyl groups is 1. The lowest BCUT2D eigenvalue weighted by Gasteiger charge is -2.32. The first-order valence-electron chi connectivity index (χ1n) is 12.6. The molecule has 0 radical (unpaired) electrons. The Bertz CT molecular complexity index is 1050. The predicted molar refractivity (Wildman–Crippen MR) is 142 cm³/mol. The summed E-state index contributed by atoms with van der Waals surface area (Å²) in [5, 5.41) is 15.6. The van der Waals surface area contributed by atoms with E-state index in [1.54, 1.807) is 6.07 Å². The smallest absolute Gasteiger partial charge is 0.402 e. The molecule has 194 valence electrons. The summed E-state index contributed by atoms with van der Waals surface area (Å²) in [6.07, 6.45) is 0.618. The Morgan fingerprint density at radius 2 is 1.56 bits per heavy atom. The van der Waals surface area contributed by atoms with Crippen molar-refractivity contribution in [3.8, 4) is 11.1 Å². The first-order valence-corrected chi connectivity index (χ1v) is 12.6. The first-order chi connectivity index (χ1) is 16.8. The summed E-state index contributed by atoms with van der Waals surface area (Å²) in [6.45, 7) is 13.3. The SMILES string of the molecule is Cc1ccc(-c2ccccc2)cc1C(=O)N[C@@H](CO)C(=O)N[C@@H](CC(C)C)B1OC(C)(C)C(C)(C)O1. The van der Waals surface area contributed by atoms with Gasteiger partial charge in [-0.1, -0.05) is 56.3 Å². The molecule has 1 saturated heterocycles. The van der Waals surface area contributed by atoms with Gasteiger partial charge in [0.15, 0.2) is 0 Å². The number of carbonyl (C=O) groups excluding carboxylic acids is 2. The van der Waals surface area contributed by atoms with E-state index in [9.17, 15) is 14.7 Å². The number of nitrogens with one attached hydrogen (secondary N) is 2. The number of hydrogen-bond acceptors (Lipinski definition) is 5. The van der Waals surface area contributed by atoms with Crippen LogP contribution in [0, 0.1) is 12.8 Å². The predicted octanol–water partition coefficient (Wildman–Crippen LogP) is 3.92. The molecule has 7 nitrogen and oxygen atoms in total. The van der Waals surface area contributed by atoms with Crippen LogP contribution in [0.3, 0.4) is 0 Å². The summed E-state index contributed by atoms with van der Waals surface area (Å²) in [7, 11) is -0.638. The van der Waals surface area contributed by atoms with Crippen molar-refractivity contribution in [2.75, 3.05) is 6.61 Å². The van der Waals surface area contributed by atoms with Gasteiger partial charge in [0.25, 0.3) is 5.91 Å². The minimum atomic E-state index is -1.12. The van der Waals surface area contributed by atoms with Crippen molar-refractivity contribution in [1.82, 2.24) is 10.6 Å². The van der Waals surface area contributed by atoms with Gasteiger partial charge in [-0.3, -0.25) is 9.59 Å². The van der Waals surface area contributed by atoms with Gasteiger partial charge in [-0.2, -0.15) is 0 Å². The van der Waals surface area contributed by atoms with Crippen molar-refractivity contribution < 1.29 is 24.0 Å². The van der Waals surface area contributed by atoms with E-state index < -0.39 is 48.7 Å². The first kappa shape index (κ1) is 27.9. The summed E-state index contributed by atoms with van der Waals surface area (Å²) in [5.74, 6) is -1.08. The molecule has 0 bridgehead atoms. The lowest BCUT2D eigenvalue weighted by Crippen LogP contribution is -2.56. The molecule has 0 aliphatic carbocycles. The zero-order valence-electron chi connectivity index (χ0n) is 22.4. The summed E-state index contributed by atoms with van der Waals surface area (Å²) >= 11 is 0. The Morgan fingerprint density at radius 3 is 2.11 bits per heavy atom. The highest BCUT2D eigenvalue weighted by Crippen LogP contribution is 2.38. The lowest BCUT2D eigenvalue weighted by molar-refractivity contribution is -0.124. The van der Waals surface area contributed by atoms with Crippen LogP contribution in [-0.2, 0) is 14.1 Å². The van der Waals surface area contributed by atoms with Crippen molar-refractivity contribution >= 4 is 18.9 Å². The van der Waals surface area contributed by atoms with Crippen LogP contribution in [0.4, 0.5) is 0 Å². The molecule has 0 aromatic heterocycles. The fourth-order valence-corrected chi connectivity index (χ4v) is 4.19. The van der Waals surface area contributed by atoms with Crippen LogP contribution in [0.15, 0.2) is 48.5 Å². The van der Waals surface area contributed by atoms with Gasteiger partial charge in [-0.25, -0.2) is 0 Å². The fraction of sp³-hybridized carbons (Fsp3) is 0.500. The van der Waals surface area contributed by atoms with E-state index in [4.69, 9.17) is 9.31 Å². The molecular weight excluding hydrogens is 455 g/mol. The van der Waals surface area contributed by atoms with Crippen LogP contribution in [0.25, 0.3) is 11.1 Å². The van der Waals surface area contributed by atoms with Crippen LogP contribution in [-0.4, -0.2) is 53.8 Å². The standard InChI is InChI=1S/C28H39BN2O5/c1-18(2)15-24(29-35-27(4,5)28(6,7)36-29)31-26(34)23(17-32)30-25(33)22-16-21(14-13-19(22)3)20-11-9-8-10-12-20/h8-14,16,18,23-24,32H,15,17H2,1-7H3,(H,30,33)(H,31,34)/t23-,24-/m0/s1. The van der Waals surface area contributed by atoms with Crippen LogP contribution >= 0.6 is 0 Å². The fourth-order valence-electron chi connectivity index (χ4n) is 4.19. The minimum absolute atomic E-state index is 0.264. The van der Waals surface area contributed by atoms with Gasteiger partial charge < -0.3 is 25.0 Å². The third-order valence-corrected chi connectivity index (χ3v) is 7.05. The molecule has 3 N–H and O–H groups in total. The molecule has 1 fully saturated rings. The van der Waals surface area contributed by atoms with Crippen LogP contribution in [0.2, 0.25) is 0 Å². The highest BCUT2D eigenvalue weighted by molar-refractivity contribution is 6.48. The normalized spacial score (nSPS) is 18.1. The van der Waals surface area contributed by atoms with Crippen LogP contribution < -0.4 is 10.6 Å². The zero-order chi connectivity index (χ0) is 26.7. The van der Waals surface area contributed by atoms with Gasteiger partial charge >= 0.3 is 7.12 Å². The maximum atomic E-state index is 13.2. The molecule has 3 rings (SSSR count). The van der Waals surface area contributed by atoms with Crippen LogP contribution in [0.5, 0.6) is 0 Å². The van der Waals surface area contributed by atoms with Gasteiger partial charge in [-0.05, 0) is 69.7 Å². The molecule has 1 aliphatic heterocycles.